The van der Waals surface area contributed by atoms with Crippen molar-refractivity contribution in [1.29, 1.82) is 0 Å². The highest BCUT2D eigenvalue weighted by atomic mass is 35.5. The van der Waals surface area contributed by atoms with E-state index < -0.39 is 6.03 Å². The van der Waals surface area contributed by atoms with E-state index in [1.165, 1.54) is 0 Å². The third-order valence-electron chi connectivity index (χ3n) is 2.74. The third-order valence-corrected chi connectivity index (χ3v) is 3.48. The Kier molecular flexibility index (Phi) is 4.09. The Hall–Kier alpha value is -1.26. The molecule has 2 rings (SSSR count). The molecule has 4 nitrogen and oxygen atoms in total. The maximum Gasteiger partial charge on any atom is 0.347 e. The van der Waals surface area contributed by atoms with Crippen LogP contribution in [0.5, 0.6) is 0 Å². The van der Waals surface area contributed by atoms with Crippen molar-refractivity contribution in [2.45, 2.75) is 12.8 Å². The Bertz CT molecular complexity index is 502. The van der Waals surface area contributed by atoms with Crippen LogP contribution in [0, 0.1) is 0 Å². The average Bonchev–Trinajstić information content (AvgIpc) is 2.70. The van der Waals surface area contributed by atoms with Crippen LogP contribution in [0.3, 0.4) is 0 Å². The second kappa shape index (κ2) is 5.59. The molecule has 0 atom stereocenters. The molecule has 0 saturated carbocycles. The number of anilines is 1. The van der Waals surface area contributed by atoms with Gasteiger partial charge in [-0.1, -0.05) is 23.2 Å². The van der Waals surface area contributed by atoms with E-state index in [0.717, 1.165) is 25.2 Å². The molecule has 1 saturated heterocycles. The Morgan fingerprint density at radius 1 is 1.39 bits per heavy atom. The van der Waals surface area contributed by atoms with Gasteiger partial charge in [0.1, 0.15) is 5.84 Å². The van der Waals surface area contributed by atoms with Crippen molar-refractivity contribution >= 4 is 40.8 Å². The average molecular weight is 286 g/mol. The number of benzene rings is 1. The number of likely N-dealkylation sites (tertiary alicyclic amines) is 1. The minimum Gasteiger partial charge on any atom is -0.363 e. The van der Waals surface area contributed by atoms with E-state index >= 15 is 0 Å². The largest absolute Gasteiger partial charge is 0.363 e. The molecule has 1 heterocycles. The predicted molar refractivity (Wildman–Crippen MR) is 74.8 cm³/mol. The molecule has 0 aromatic heterocycles. The molecule has 1 aromatic carbocycles. The molecule has 18 heavy (non-hydrogen) atoms. The minimum absolute atomic E-state index is 0.392. The van der Waals surface area contributed by atoms with E-state index in [2.05, 4.69) is 10.3 Å². The van der Waals surface area contributed by atoms with E-state index in [1.807, 2.05) is 11.9 Å². The van der Waals surface area contributed by atoms with Gasteiger partial charge in [-0.3, -0.25) is 0 Å². The van der Waals surface area contributed by atoms with Gasteiger partial charge in [-0.05, 0) is 24.6 Å². The van der Waals surface area contributed by atoms with Crippen molar-refractivity contribution in [2.24, 2.45) is 4.99 Å². The minimum atomic E-state index is -0.392. The maximum absolute atomic E-state index is 11.7. The van der Waals surface area contributed by atoms with Crippen molar-refractivity contribution in [2.75, 3.05) is 18.9 Å². The standard InChI is InChI=1S/C12H13Cl2N3O/c1-17-6-2-3-11(17)16-12(18)15-8-4-5-9(13)10(14)7-8/h4-5,7H,2-3,6H2,1H3,(H,15,18)/b16-11-. The predicted octanol–water partition coefficient (Wildman–Crippen LogP) is 3.65. The SMILES string of the molecule is CN1CCC/C1=N/C(=O)Nc1ccc(Cl)c(Cl)c1. The first-order chi connectivity index (χ1) is 8.56. The lowest BCUT2D eigenvalue weighted by molar-refractivity contribution is 0.259. The third kappa shape index (κ3) is 3.15. The molecular weight excluding hydrogens is 273 g/mol. The lowest BCUT2D eigenvalue weighted by Crippen LogP contribution is -2.21. The Morgan fingerprint density at radius 2 is 2.17 bits per heavy atom. The number of nitrogens with zero attached hydrogens (tertiary/aromatic N) is 2. The monoisotopic (exact) mass is 285 g/mol. The highest BCUT2D eigenvalue weighted by molar-refractivity contribution is 6.42. The number of rotatable bonds is 1. The highest BCUT2D eigenvalue weighted by Crippen LogP contribution is 2.25. The second-order valence-corrected chi connectivity index (χ2v) is 4.93. The van der Waals surface area contributed by atoms with Gasteiger partial charge in [0, 0.05) is 25.7 Å². The van der Waals surface area contributed by atoms with Crippen LogP contribution >= 0.6 is 23.2 Å². The van der Waals surface area contributed by atoms with Crippen LogP contribution in [0.2, 0.25) is 10.0 Å². The number of aliphatic imine (C=N–C) groups is 1. The van der Waals surface area contributed by atoms with Gasteiger partial charge < -0.3 is 10.2 Å². The number of amides is 2. The molecule has 0 radical (unpaired) electrons. The van der Waals surface area contributed by atoms with Crippen LogP contribution in [0.1, 0.15) is 12.8 Å². The zero-order chi connectivity index (χ0) is 13.1. The number of hydrogen-bond donors (Lipinski definition) is 1. The molecule has 0 spiro atoms. The molecule has 96 valence electrons. The van der Waals surface area contributed by atoms with Crippen molar-refractivity contribution in [1.82, 2.24) is 4.90 Å². The van der Waals surface area contributed by atoms with Crippen LogP contribution in [0.4, 0.5) is 10.5 Å². The van der Waals surface area contributed by atoms with Crippen LogP contribution in [0.25, 0.3) is 0 Å². The zero-order valence-electron chi connectivity index (χ0n) is 9.91. The van der Waals surface area contributed by atoms with Crippen LogP contribution in [-0.4, -0.2) is 30.4 Å². The molecule has 0 bridgehead atoms. The number of nitrogens with one attached hydrogen (secondary N) is 1. The number of hydrogen-bond acceptors (Lipinski definition) is 1. The van der Waals surface area contributed by atoms with Crippen molar-refractivity contribution in [3.8, 4) is 0 Å². The molecule has 0 aliphatic carbocycles. The van der Waals surface area contributed by atoms with E-state index in [4.69, 9.17) is 23.2 Å². The summed E-state index contributed by atoms with van der Waals surface area (Å²) >= 11 is 11.7. The van der Waals surface area contributed by atoms with E-state index in [0.29, 0.717) is 15.7 Å². The Labute approximate surface area is 116 Å². The molecule has 1 aliphatic heterocycles. The zero-order valence-corrected chi connectivity index (χ0v) is 11.4. The first kappa shape index (κ1) is 13.2. The summed E-state index contributed by atoms with van der Waals surface area (Å²) in [5, 5.41) is 3.52. The normalized spacial score (nSPS) is 17.3. The van der Waals surface area contributed by atoms with Gasteiger partial charge in [0.15, 0.2) is 0 Å². The summed E-state index contributed by atoms with van der Waals surface area (Å²) in [4.78, 5) is 17.7. The number of halogens is 2. The molecule has 1 aliphatic rings. The number of carbonyl (C=O) groups is 1. The molecule has 1 aromatic rings. The fraction of sp³-hybridized carbons (Fsp3) is 0.333. The summed E-state index contributed by atoms with van der Waals surface area (Å²) in [6.07, 6.45) is 1.88. The lowest BCUT2D eigenvalue weighted by Gasteiger charge is -2.10. The van der Waals surface area contributed by atoms with Crippen LogP contribution in [0.15, 0.2) is 23.2 Å². The van der Waals surface area contributed by atoms with Crippen molar-refractivity contribution in [3.05, 3.63) is 28.2 Å². The Balaban J connectivity index is 2.05. The van der Waals surface area contributed by atoms with Crippen molar-refractivity contribution in [3.63, 3.8) is 0 Å². The molecule has 0 unspecified atom stereocenters. The van der Waals surface area contributed by atoms with Crippen molar-refractivity contribution < 1.29 is 4.79 Å². The topological polar surface area (TPSA) is 44.7 Å². The fourth-order valence-electron chi connectivity index (χ4n) is 1.78. The summed E-state index contributed by atoms with van der Waals surface area (Å²) in [5.41, 5.74) is 0.583. The van der Waals surface area contributed by atoms with Gasteiger partial charge in [0.2, 0.25) is 0 Å². The molecule has 1 fully saturated rings. The van der Waals surface area contributed by atoms with Gasteiger partial charge in [0.25, 0.3) is 0 Å². The molecule has 2 amide bonds. The van der Waals surface area contributed by atoms with Gasteiger partial charge in [-0.15, -0.1) is 0 Å². The van der Waals surface area contributed by atoms with E-state index in [1.54, 1.807) is 18.2 Å². The molecule has 6 heteroatoms. The molecule has 1 N–H and O–H groups in total. The summed E-state index contributed by atoms with van der Waals surface area (Å²) in [5.74, 6) is 0.813. The van der Waals surface area contributed by atoms with Crippen LogP contribution in [-0.2, 0) is 0 Å². The van der Waals surface area contributed by atoms with Crippen LogP contribution < -0.4 is 5.32 Å². The smallest absolute Gasteiger partial charge is 0.347 e. The fourth-order valence-corrected chi connectivity index (χ4v) is 2.08. The maximum atomic E-state index is 11.7. The van der Waals surface area contributed by atoms with E-state index in [9.17, 15) is 4.79 Å². The Morgan fingerprint density at radius 3 is 2.78 bits per heavy atom. The van der Waals surface area contributed by atoms with Gasteiger partial charge in [-0.25, -0.2) is 4.79 Å². The first-order valence-corrected chi connectivity index (χ1v) is 6.36. The summed E-state index contributed by atoms with van der Waals surface area (Å²) in [6, 6.07) is 4.52. The number of carbonyl (C=O) groups excluding carboxylic acids is 1. The highest BCUT2D eigenvalue weighted by Gasteiger charge is 2.15. The van der Waals surface area contributed by atoms with Gasteiger partial charge in [-0.2, -0.15) is 4.99 Å². The quantitative estimate of drug-likeness (QED) is 0.856. The van der Waals surface area contributed by atoms with Gasteiger partial charge in [0.05, 0.1) is 10.0 Å². The second-order valence-electron chi connectivity index (χ2n) is 4.11. The number of urea groups is 1. The first-order valence-electron chi connectivity index (χ1n) is 5.61. The summed E-state index contributed by atoms with van der Waals surface area (Å²) in [6.45, 7) is 0.943. The molecular formula is C12H13Cl2N3O. The summed E-state index contributed by atoms with van der Waals surface area (Å²) < 4.78 is 0. The van der Waals surface area contributed by atoms with E-state index in [-0.39, 0.29) is 0 Å². The van der Waals surface area contributed by atoms with Gasteiger partial charge >= 0.3 is 6.03 Å². The lowest BCUT2D eigenvalue weighted by atomic mass is 10.3. The number of amidine groups is 1. The summed E-state index contributed by atoms with van der Waals surface area (Å²) in [7, 11) is 1.93.